The summed E-state index contributed by atoms with van der Waals surface area (Å²) >= 11 is 0. The van der Waals surface area contributed by atoms with E-state index in [1.54, 1.807) is 23.0 Å². The first-order chi connectivity index (χ1) is 14.7. The molecule has 1 fully saturated rings. The van der Waals surface area contributed by atoms with Crippen molar-refractivity contribution in [2.24, 2.45) is 0 Å². The fraction of sp³-hybridized carbons (Fsp3) is 0.227. The molecule has 3 heterocycles. The van der Waals surface area contributed by atoms with E-state index in [2.05, 4.69) is 20.0 Å². The molecule has 2 aromatic heterocycles. The second kappa shape index (κ2) is 7.72. The normalized spacial score (nSPS) is 15.0. The van der Waals surface area contributed by atoms with Crippen molar-refractivity contribution < 1.29 is 4.39 Å². The Morgan fingerprint density at radius 1 is 0.900 bits per heavy atom. The van der Waals surface area contributed by atoms with Crippen molar-refractivity contribution in [1.29, 1.82) is 0 Å². The van der Waals surface area contributed by atoms with Crippen LogP contribution in [0.15, 0.2) is 71.8 Å². The number of fused-ring (bicyclic) bond motifs is 1. The van der Waals surface area contributed by atoms with Gasteiger partial charge in [0.05, 0.1) is 18.6 Å². The van der Waals surface area contributed by atoms with Crippen molar-refractivity contribution in [3.63, 3.8) is 0 Å². The van der Waals surface area contributed by atoms with E-state index in [0.29, 0.717) is 12.2 Å². The van der Waals surface area contributed by atoms with Crippen molar-refractivity contribution in [3.8, 4) is 5.69 Å². The highest BCUT2D eigenvalue weighted by atomic mass is 19.1. The summed E-state index contributed by atoms with van der Waals surface area (Å²) in [5, 5.41) is 9.55. The first-order valence-corrected chi connectivity index (χ1v) is 9.91. The molecule has 0 N–H and O–H groups in total. The van der Waals surface area contributed by atoms with Gasteiger partial charge in [-0.2, -0.15) is 10.2 Å². The van der Waals surface area contributed by atoms with Gasteiger partial charge in [0, 0.05) is 43.4 Å². The minimum absolute atomic E-state index is 0.192. The lowest BCUT2D eigenvalue weighted by Gasteiger charge is -2.35. The molecule has 0 aliphatic carbocycles. The van der Waals surface area contributed by atoms with Crippen LogP contribution in [0.25, 0.3) is 16.6 Å². The van der Waals surface area contributed by atoms with E-state index in [4.69, 9.17) is 0 Å². The second-order valence-corrected chi connectivity index (χ2v) is 7.39. The van der Waals surface area contributed by atoms with E-state index in [-0.39, 0.29) is 11.4 Å². The molecule has 7 nitrogen and oxygen atoms in total. The number of piperazine rings is 1. The Hall–Kier alpha value is -3.52. The summed E-state index contributed by atoms with van der Waals surface area (Å²) in [5.41, 5.74) is 2.14. The smallest absolute Gasteiger partial charge is 0.296 e. The molecule has 2 aromatic carbocycles. The molecule has 1 aliphatic rings. The van der Waals surface area contributed by atoms with Gasteiger partial charge in [-0.25, -0.2) is 13.8 Å². The van der Waals surface area contributed by atoms with E-state index in [0.717, 1.165) is 42.9 Å². The SMILES string of the molecule is O=c1c2nn(-c3ccccc3)cc2cnn1CN1CCN(c2ccc(F)cc2)CC1. The van der Waals surface area contributed by atoms with Crippen LogP contribution in [0.5, 0.6) is 0 Å². The van der Waals surface area contributed by atoms with Gasteiger partial charge < -0.3 is 4.90 Å². The third-order valence-electron chi connectivity index (χ3n) is 5.43. The van der Waals surface area contributed by atoms with Crippen molar-refractivity contribution in [3.05, 3.63) is 83.2 Å². The molecule has 1 aliphatic heterocycles. The molecule has 0 saturated carbocycles. The van der Waals surface area contributed by atoms with Crippen LogP contribution in [0.1, 0.15) is 0 Å². The van der Waals surface area contributed by atoms with Gasteiger partial charge in [-0.15, -0.1) is 0 Å². The Kier molecular flexibility index (Phi) is 4.76. The van der Waals surface area contributed by atoms with Gasteiger partial charge >= 0.3 is 0 Å². The maximum atomic E-state index is 13.1. The molecule has 1 saturated heterocycles. The average Bonchev–Trinajstić information content (AvgIpc) is 3.23. The van der Waals surface area contributed by atoms with Gasteiger partial charge in [0.1, 0.15) is 5.82 Å². The van der Waals surface area contributed by atoms with Gasteiger partial charge in [-0.05, 0) is 36.4 Å². The number of rotatable bonds is 4. The Morgan fingerprint density at radius 3 is 2.37 bits per heavy atom. The van der Waals surface area contributed by atoms with E-state index in [9.17, 15) is 9.18 Å². The number of hydrogen-bond acceptors (Lipinski definition) is 5. The first kappa shape index (κ1) is 18.5. The van der Waals surface area contributed by atoms with E-state index < -0.39 is 0 Å². The molecule has 0 bridgehead atoms. The van der Waals surface area contributed by atoms with Crippen molar-refractivity contribution in [1.82, 2.24) is 24.5 Å². The average molecular weight is 404 g/mol. The first-order valence-electron chi connectivity index (χ1n) is 9.91. The summed E-state index contributed by atoms with van der Waals surface area (Å²) < 4.78 is 16.3. The molecule has 30 heavy (non-hydrogen) atoms. The molecule has 0 spiro atoms. The van der Waals surface area contributed by atoms with Crippen LogP contribution in [-0.4, -0.2) is 50.6 Å². The number of para-hydroxylation sites is 1. The number of halogens is 1. The predicted molar refractivity (Wildman–Crippen MR) is 113 cm³/mol. The Balaban J connectivity index is 1.31. The minimum atomic E-state index is -0.229. The lowest BCUT2D eigenvalue weighted by atomic mass is 10.2. The van der Waals surface area contributed by atoms with Crippen molar-refractivity contribution >= 4 is 16.6 Å². The second-order valence-electron chi connectivity index (χ2n) is 7.39. The lowest BCUT2D eigenvalue weighted by Crippen LogP contribution is -2.48. The largest absolute Gasteiger partial charge is 0.369 e. The van der Waals surface area contributed by atoms with E-state index in [1.807, 2.05) is 36.5 Å². The van der Waals surface area contributed by atoms with Crippen LogP contribution < -0.4 is 10.5 Å². The van der Waals surface area contributed by atoms with Crippen LogP contribution in [0.4, 0.5) is 10.1 Å². The number of nitrogens with zero attached hydrogens (tertiary/aromatic N) is 6. The predicted octanol–water partition coefficient (Wildman–Crippen LogP) is 2.50. The zero-order chi connectivity index (χ0) is 20.5. The highest BCUT2D eigenvalue weighted by Crippen LogP contribution is 2.17. The summed E-state index contributed by atoms with van der Waals surface area (Å²) in [6.07, 6.45) is 3.52. The molecule has 0 unspecified atom stereocenters. The fourth-order valence-electron chi connectivity index (χ4n) is 3.76. The molecule has 152 valence electrons. The number of anilines is 1. The standard InChI is InChI=1S/C22H21FN6O/c23-18-6-8-19(9-7-18)27-12-10-26(11-13-27)16-29-22(30)21-17(14-24-29)15-28(25-21)20-4-2-1-3-5-20/h1-9,14-15H,10-13,16H2. The minimum Gasteiger partial charge on any atom is -0.369 e. The lowest BCUT2D eigenvalue weighted by molar-refractivity contribution is 0.192. The number of aromatic nitrogens is 4. The zero-order valence-corrected chi connectivity index (χ0v) is 16.4. The summed E-state index contributed by atoms with van der Waals surface area (Å²) in [5.74, 6) is -0.229. The topological polar surface area (TPSA) is 59.2 Å². The third-order valence-corrected chi connectivity index (χ3v) is 5.43. The molecule has 8 heteroatoms. The van der Waals surface area contributed by atoms with Gasteiger partial charge in [0.15, 0.2) is 5.52 Å². The molecule has 0 radical (unpaired) electrons. The number of hydrogen-bond donors (Lipinski definition) is 0. The van der Waals surface area contributed by atoms with Crippen molar-refractivity contribution in [2.45, 2.75) is 6.67 Å². The van der Waals surface area contributed by atoms with Gasteiger partial charge in [0.2, 0.25) is 0 Å². The van der Waals surface area contributed by atoms with E-state index >= 15 is 0 Å². The quantitative estimate of drug-likeness (QED) is 0.523. The molecular formula is C22H21FN6O. The molecular weight excluding hydrogens is 383 g/mol. The maximum Gasteiger partial charge on any atom is 0.296 e. The highest BCUT2D eigenvalue weighted by molar-refractivity contribution is 5.76. The van der Waals surface area contributed by atoms with Crippen LogP contribution >= 0.6 is 0 Å². The van der Waals surface area contributed by atoms with Crippen LogP contribution in [-0.2, 0) is 6.67 Å². The highest BCUT2D eigenvalue weighted by Gasteiger charge is 2.19. The van der Waals surface area contributed by atoms with Gasteiger partial charge in [0.25, 0.3) is 5.56 Å². The summed E-state index contributed by atoms with van der Waals surface area (Å²) in [6, 6.07) is 16.3. The Labute approximate surface area is 172 Å². The van der Waals surface area contributed by atoms with Crippen LogP contribution in [0.2, 0.25) is 0 Å². The van der Waals surface area contributed by atoms with Crippen LogP contribution in [0.3, 0.4) is 0 Å². The Morgan fingerprint density at radius 2 is 1.63 bits per heavy atom. The monoisotopic (exact) mass is 404 g/mol. The van der Waals surface area contributed by atoms with Gasteiger partial charge in [-0.1, -0.05) is 18.2 Å². The maximum absolute atomic E-state index is 13.1. The van der Waals surface area contributed by atoms with Crippen molar-refractivity contribution in [2.75, 3.05) is 31.1 Å². The molecule has 5 rings (SSSR count). The fourth-order valence-corrected chi connectivity index (χ4v) is 3.76. The molecule has 0 atom stereocenters. The van der Waals surface area contributed by atoms with E-state index in [1.165, 1.54) is 16.8 Å². The summed E-state index contributed by atoms with van der Waals surface area (Å²) in [7, 11) is 0. The summed E-state index contributed by atoms with van der Waals surface area (Å²) in [4.78, 5) is 17.3. The van der Waals surface area contributed by atoms with Gasteiger partial charge in [-0.3, -0.25) is 9.69 Å². The summed E-state index contributed by atoms with van der Waals surface area (Å²) in [6.45, 7) is 3.63. The molecule has 0 amide bonds. The third kappa shape index (κ3) is 3.57. The Bertz CT molecular complexity index is 1210. The molecule has 4 aromatic rings. The number of benzene rings is 2. The zero-order valence-electron chi connectivity index (χ0n) is 16.4. The van der Waals surface area contributed by atoms with Crippen LogP contribution in [0, 0.1) is 5.82 Å².